The van der Waals surface area contributed by atoms with E-state index in [1.54, 1.807) is 0 Å². The van der Waals surface area contributed by atoms with E-state index in [9.17, 15) is 35.5 Å². The molecule has 1 aliphatic heterocycles. The van der Waals surface area contributed by atoms with Crippen LogP contribution in [0, 0.1) is 5.82 Å². The van der Waals surface area contributed by atoms with Gasteiger partial charge in [0.25, 0.3) is 0 Å². The van der Waals surface area contributed by atoms with Crippen LogP contribution in [0.5, 0.6) is 0 Å². The van der Waals surface area contributed by atoms with Crippen molar-refractivity contribution in [3.63, 3.8) is 0 Å². The van der Waals surface area contributed by atoms with Gasteiger partial charge in [-0.25, -0.2) is 14.2 Å². The molecule has 2 aromatic heterocycles. The molecule has 180 valence electrons. The second kappa shape index (κ2) is 7.99. The van der Waals surface area contributed by atoms with Gasteiger partial charge in [0.1, 0.15) is 11.5 Å². The van der Waals surface area contributed by atoms with Crippen molar-refractivity contribution in [2.45, 2.75) is 17.8 Å². The summed E-state index contributed by atoms with van der Waals surface area (Å²) in [6, 6.07) is 4.85. The number of fused-ring (bicyclic) bond motifs is 1. The SMILES string of the molecule is NC(=O)N1CC(CNc2cc(C(F)(F)F)nc3cc(C(F)(F)F)ccc23)(c2ccc(F)cn2)C1. The third-order valence-corrected chi connectivity index (χ3v) is 5.61. The molecule has 0 saturated carbocycles. The van der Waals surface area contributed by atoms with E-state index in [1.807, 2.05) is 0 Å². The number of benzene rings is 1. The lowest BCUT2D eigenvalue weighted by molar-refractivity contribution is -0.140. The Kier molecular flexibility index (Phi) is 5.53. The van der Waals surface area contributed by atoms with Crippen LogP contribution in [0.3, 0.4) is 0 Å². The Morgan fingerprint density at radius 3 is 2.32 bits per heavy atom. The highest BCUT2D eigenvalue weighted by Gasteiger charge is 2.47. The zero-order valence-corrected chi connectivity index (χ0v) is 17.1. The quantitative estimate of drug-likeness (QED) is 0.529. The number of alkyl halides is 6. The molecule has 13 heteroatoms. The Morgan fingerprint density at radius 1 is 1.06 bits per heavy atom. The van der Waals surface area contributed by atoms with E-state index in [2.05, 4.69) is 15.3 Å². The minimum Gasteiger partial charge on any atom is -0.383 e. The van der Waals surface area contributed by atoms with Crippen molar-refractivity contribution in [2.24, 2.45) is 5.73 Å². The maximum absolute atomic E-state index is 13.4. The van der Waals surface area contributed by atoms with Crippen molar-refractivity contribution in [3.05, 3.63) is 65.4 Å². The van der Waals surface area contributed by atoms with Gasteiger partial charge in [-0.3, -0.25) is 4.98 Å². The summed E-state index contributed by atoms with van der Waals surface area (Å²) in [6.07, 6.45) is -8.71. The fourth-order valence-electron chi connectivity index (χ4n) is 3.85. The minimum absolute atomic E-state index is 0.0364. The van der Waals surface area contributed by atoms with Crippen LogP contribution in [-0.2, 0) is 17.8 Å². The van der Waals surface area contributed by atoms with Gasteiger partial charge in [-0.2, -0.15) is 26.3 Å². The van der Waals surface area contributed by atoms with E-state index in [4.69, 9.17) is 5.73 Å². The molecule has 34 heavy (non-hydrogen) atoms. The number of amides is 2. The van der Waals surface area contributed by atoms with Crippen LogP contribution in [0.25, 0.3) is 10.9 Å². The number of nitrogens with two attached hydrogens (primary N) is 1. The third kappa shape index (κ3) is 4.41. The molecule has 6 nitrogen and oxygen atoms in total. The maximum atomic E-state index is 13.4. The van der Waals surface area contributed by atoms with Gasteiger partial charge >= 0.3 is 18.4 Å². The molecular weight excluding hydrogens is 471 g/mol. The number of rotatable bonds is 4. The number of anilines is 1. The number of primary amides is 1. The molecule has 3 aromatic rings. The molecule has 4 rings (SSSR count). The van der Waals surface area contributed by atoms with Gasteiger partial charge in [0.05, 0.1) is 28.4 Å². The summed E-state index contributed by atoms with van der Waals surface area (Å²) in [7, 11) is 0. The average molecular weight is 487 g/mol. The van der Waals surface area contributed by atoms with E-state index in [0.717, 1.165) is 24.4 Å². The number of aromatic nitrogens is 2. The number of nitrogens with zero attached hydrogens (tertiary/aromatic N) is 3. The number of halogens is 7. The normalized spacial score (nSPS) is 15.8. The molecule has 0 spiro atoms. The van der Waals surface area contributed by atoms with Crippen molar-refractivity contribution in [1.29, 1.82) is 0 Å². The predicted molar refractivity (Wildman–Crippen MR) is 107 cm³/mol. The van der Waals surface area contributed by atoms with Crippen LogP contribution in [0.1, 0.15) is 17.0 Å². The second-order valence-electron chi connectivity index (χ2n) is 7.97. The monoisotopic (exact) mass is 487 g/mol. The topological polar surface area (TPSA) is 84.1 Å². The van der Waals surface area contributed by atoms with Crippen molar-refractivity contribution in [2.75, 3.05) is 25.0 Å². The zero-order valence-electron chi connectivity index (χ0n) is 17.1. The number of hydrogen-bond acceptors (Lipinski definition) is 4. The van der Waals surface area contributed by atoms with Gasteiger partial charge in [-0.15, -0.1) is 0 Å². The van der Waals surface area contributed by atoms with E-state index < -0.39 is 46.4 Å². The number of pyridine rings is 2. The zero-order chi connectivity index (χ0) is 24.9. The molecule has 0 atom stereocenters. The van der Waals surface area contributed by atoms with Crippen LogP contribution in [-0.4, -0.2) is 40.5 Å². The summed E-state index contributed by atoms with van der Waals surface area (Å²) in [5.41, 5.74) is 1.63. The summed E-state index contributed by atoms with van der Waals surface area (Å²) in [6.45, 7) is 0.0511. The van der Waals surface area contributed by atoms with E-state index in [1.165, 1.54) is 11.0 Å². The Hall–Kier alpha value is -3.64. The summed E-state index contributed by atoms with van der Waals surface area (Å²) >= 11 is 0. The fourth-order valence-corrected chi connectivity index (χ4v) is 3.85. The van der Waals surface area contributed by atoms with Crippen molar-refractivity contribution >= 4 is 22.6 Å². The molecule has 0 radical (unpaired) electrons. The Bertz CT molecular complexity index is 1230. The molecule has 3 heterocycles. The number of nitrogens with one attached hydrogen (secondary N) is 1. The largest absolute Gasteiger partial charge is 0.433 e. The van der Waals surface area contributed by atoms with Crippen molar-refractivity contribution < 1.29 is 35.5 Å². The number of carbonyl (C=O) groups is 1. The number of hydrogen-bond donors (Lipinski definition) is 2. The van der Waals surface area contributed by atoms with Gasteiger partial charge in [0, 0.05) is 30.7 Å². The highest BCUT2D eigenvalue weighted by Crippen LogP contribution is 2.38. The number of likely N-dealkylation sites (tertiary alicyclic amines) is 1. The first-order valence-corrected chi connectivity index (χ1v) is 9.78. The lowest BCUT2D eigenvalue weighted by Crippen LogP contribution is -2.65. The highest BCUT2D eigenvalue weighted by molar-refractivity contribution is 5.92. The molecule has 1 fully saturated rings. The van der Waals surface area contributed by atoms with Gasteiger partial charge in [0.15, 0.2) is 0 Å². The van der Waals surface area contributed by atoms with Crippen LogP contribution < -0.4 is 11.1 Å². The summed E-state index contributed by atoms with van der Waals surface area (Å²) in [4.78, 5) is 20.2. The Morgan fingerprint density at radius 2 is 1.76 bits per heavy atom. The van der Waals surface area contributed by atoms with Crippen molar-refractivity contribution in [1.82, 2.24) is 14.9 Å². The summed E-state index contributed by atoms with van der Waals surface area (Å²) < 4.78 is 92.8. The molecule has 1 aliphatic rings. The summed E-state index contributed by atoms with van der Waals surface area (Å²) in [5, 5.41) is 2.88. The molecule has 3 N–H and O–H groups in total. The first-order valence-electron chi connectivity index (χ1n) is 9.78. The molecule has 2 amide bonds. The summed E-state index contributed by atoms with van der Waals surface area (Å²) in [5.74, 6) is -0.603. The van der Waals surface area contributed by atoms with E-state index >= 15 is 0 Å². The Balaban J connectivity index is 1.73. The van der Waals surface area contributed by atoms with Crippen molar-refractivity contribution in [3.8, 4) is 0 Å². The smallest absolute Gasteiger partial charge is 0.383 e. The fraction of sp³-hybridized carbons (Fsp3) is 0.286. The van der Waals surface area contributed by atoms with Gasteiger partial charge in [-0.05, 0) is 30.3 Å². The molecule has 0 aliphatic carbocycles. The van der Waals surface area contributed by atoms with E-state index in [-0.39, 0.29) is 30.7 Å². The second-order valence-corrected chi connectivity index (χ2v) is 7.97. The van der Waals surface area contributed by atoms with Crippen LogP contribution in [0.15, 0.2) is 42.6 Å². The first-order chi connectivity index (χ1) is 15.8. The first kappa shape index (κ1) is 23.5. The predicted octanol–water partition coefficient (Wildman–Crippen LogP) is 4.55. The molecule has 0 bridgehead atoms. The number of urea groups is 1. The molecule has 0 unspecified atom stereocenters. The third-order valence-electron chi connectivity index (χ3n) is 5.61. The van der Waals surface area contributed by atoms with Gasteiger partial charge in [-0.1, -0.05) is 6.07 Å². The van der Waals surface area contributed by atoms with Crippen LogP contribution >= 0.6 is 0 Å². The van der Waals surface area contributed by atoms with Crippen LogP contribution in [0.2, 0.25) is 0 Å². The van der Waals surface area contributed by atoms with Gasteiger partial charge in [0.2, 0.25) is 0 Å². The van der Waals surface area contributed by atoms with Gasteiger partial charge < -0.3 is 16.0 Å². The Labute approximate surface area is 187 Å². The lowest BCUT2D eigenvalue weighted by atomic mass is 9.76. The van der Waals surface area contributed by atoms with Crippen LogP contribution in [0.4, 0.5) is 41.2 Å². The lowest BCUT2D eigenvalue weighted by Gasteiger charge is -2.49. The average Bonchev–Trinajstić information content (AvgIpc) is 2.71. The molecule has 1 saturated heterocycles. The standard InChI is InChI=1S/C21H16F7N5O/c22-12-2-4-16(30-7-12)19(9-33(10-19)18(29)34)8-31-14-6-17(21(26,27)28)32-15-5-11(20(23,24)25)1-3-13(14)15/h1-7H,8-10H2,(H2,29,34)(H,31,32). The maximum Gasteiger partial charge on any atom is 0.433 e. The molecular formula is C21H16F7N5O. The minimum atomic E-state index is -4.91. The van der Waals surface area contributed by atoms with E-state index in [0.29, 0.717) is 17.8 Å². The highest BCUT2D eigenvalue weighted by atomic mass is 19.4. The number of carbonyl (C=O) groups excluding carboxylic acids is 1. The molecule has 1 aromatic carbocycles.